The van der Waals surface area contributed by atoms with Gasteiger partial charge in [0.05, 0.1) is 5.52 Å². The summed E-state index contributed by atoms with van der Waals surface area (Å²) in [5.41, 5.74) is 14.5. The third-order valence-corrected chi connectivity index (χ3v) is 5.96. The lowest BCUT2D eigenvalue weighted by molar-refractivity contribution is -0.126. The largest absolute Gasteiger partial charge is 0.489 e. The number of amides is 2. The molecule has 0 bridgehead atoms. The summed E-state index contributed by atoms with van der Waals surface area (Å²) in [5, 5.41) is 14.1. The van der Waals surface area contributed by atoms with Crippen LogP contribution in [0, 0.1) is 6.92 Å². The van der Waals surface area contributed by atoms with Crippen molar-refractivity contribution >= 4 is 22.7 Å². The molecule has 1 aromatic heterocycles. The normalized spacial score (nSPS) is 17.9. The Morgan fingerprint density at radius 2 is 1.97 bits per heavy atom. The summed E-state index contributed by atoms with van der Waals surface area (Å²) >= 11 is 0. The highest BCUT2D eigenvalue weighted by Gasteiger charge is 2.34. The highest BCUT2D eigenvalue weighted by atomic mass is 16.5. The number of benzene rings is 2. The Labute approximate surface area is 197 Å². The van der Waals surface area contributed by atoms with Gasteiger partial charge in [0.1, 0.15) is 24.6 Å². The average Bonchev–Trinajstić information content (AvgIpc) is 3.26. The Morgan fingerprint density at radius 1 is 1.24 bits per heavy atom. The Morgan fingerprint density at radius 3 is 2.65 bits per heavy atom. The fourth-order valence-corrected chi connectivity index (χ4v) is 4.16. The first-order valence-corrected chi connectivity index (χ1v) is 11.2. The topological polar surface area (TPSA) is 144 Å². The number of aliphatic hydroxyl groups excluding tert-OH is 1. The summed E-state index contributed by atoms with van der Waals surface area (Å²) < 4.78 is 5.93. The van der Waals surface area contributed by atoms with Gasteiger partial charge in [-0.2, -0.15) is 0 Å². The van der Waals surface area contributed by atoms with Gasteiger partial charge >= 0.3 is 0 Å². The van der Waals surface area contributed by atoms with Gasteiger partial charge in [-0.1, -0.05) is 18.2 Å². The standard InChI is InChI=1S/C25H29N5O4/c1-15-12-17(20-4-2-3-5-21(20)28-15)14-34-19-8-6-16(7-9-19)24(32)29-22(23(27)31)25(33)30-11-10-18(26)13-30/h2-9,12,18,22,25,33H,10-11,13-14,26H2,1H3,(H2,27,31)(H,29,32)/t18?,22-,25?/m1/s1. The molecule has 1 aliphatic heterocycles. The minimum absolute atomic E-state index is 0.0829. The Bertz CT molecular complexity index is 1180. The number of hydrogen-bond donors (Lipinski definition) is 4. The molecule has 2 amide bonds. The molecule has 2 aromatic carbocycles. The maximum absolute atomic E-state index is 12.7. The highest BCUT2D eigenvalue weighted by Crippen LogP contribution is 2.21. The third-order valence-electron chi connectivity index (χ3n) is 5.96. The number of aryl methyl sites for hydroxylation is 1. The van der Waals surface area contributed by atoms with Gasteiger partial charge in [0.2, 0.25) is 5.91 Å². The van der Waals surface area contributed by atoms with Crippen LogP contribution < -0.4 is 21.5 Å². The van der Waals surface area contributed by atoms with Gasteiger partial charge < -0.3 is 26.6 Å². The number of fused-ring (bicyclic) bond motifs is 1. The van der Waals surface area contributed by atoms with Crippen LogP contribution in [0.15, 0.2) is 54.6 Å². The monoisotopic (exact) mass is 463 g/mol. The van der Waals surface area contributed by atoms with Gasteiger partial charge in [0.15, 0.2) is 0 Å². The van der Waals surface area contributed by atoms with E-state index in [4.69, 9.17) is 16.2 Å². The predicted octanol–water partition coefficient (Wildman–Crippen LogP) is 1.06. The second kappa shape index (κ2) is 10.2. The van der Waals surface area contributed by atoms with E-state index in [-0.39, 0.29) is 6.04 Å². The van der Waals surface area contributed by atoms with Crippen LogP contribution in [-0.4, -0.2) is 58.2 Å². The zero-order valence-electron chi connectivity index (χ0n) is 19.0. The SMILES string of the molecule is Cc1cc(COc2ccc(C(=O)N[C@H](C(N)=O)C(O)N3CCC(N)C3)cc2)c2ccccc2n1. The lowest BCUT2D eigenvalue weighted by Gasteiger charge is -2.29. The third kappa shape index (κ3) is 5.33. The summed E-state index contributed by atoms with van der Waals surface area (Å²) in [5.74, 6) is -0.748. The molecular weight excluding hydrogens is 434 g/mol. The molecule has 4 rings (SSSR count). The Kier molecular flexibility index (Phi) is 7.06. The van der Waals surface area contributed by atoms with E-state index in [1.54, 1.807) is 29.2 Å². The number of nitrogens with one attached hydrogen (secondary N) is 1. The molecule has 6 N–H and O–H groups in total. The second-order valence-electron chi connectivity index (χ2n) is 8.56. The van der Waals surface area contributed by atoms with Crippen LogP contribution in [0.3, 0.4) is 0 Å². The number of carbonyl (C=O) groups excluding carboxylic acids is 2. The number of likely N-dealkylation sites (tertiary alicyclic amines) is 1. The van der Waals surface area contributed by atoms with E-state index < -0.39 is 24.1 Å². The number of ether oxygens (including phenoxy) is 1. The van der Waals surface area contributed by atoms with Crippen LogP contribution in [0.1, 0.15) is 28.0 Å². The minimum Gasteiger partial charge on any atom is -0.489 e. The molecule has 0 aliphatic carbocycles. The van der Waals surface area contributed by atoms with Crippen LogP contribution in [0.2, 0.25) is 0 Å². The molecule has 2 heterocycles. The van der Waals surface area contributed by atoms with Crippen LogP contribution in [-0.2, 0) is 11.4 Å². The number of para-hydroxylation sites is 1. The number of nitrogens with zero attached hydrogens (tertiary/aromatic N) is 2. The fraction of sp³-hybridized carbons (Fsp3) is 0.320. The summed E-state index contributed by atoms with van der Waals surface area (Å²) in [4.78, 5) is 30.8. The smallest absolute Gasteiger partial charge is 0.252 e. The van der Waals surface area contributed by atoms with Crippen molar-refractivity contribution in [1.29, 1.82) is 0 Å². The molecule has 0 radical (unpaired) electrons. The Balaban J connectivity index is 1.40. The van der Waals surface area contributed by atoms with Crippen molar-refractivity contribution in [3.05, 3.63) is 71.4 Å². The molecule has 9 nitrogen and oxygen atoms in total. The number of aromatic nitrogens is 1. The van der Waals surface area contributed by atoms with E-state index in [1.165, 1.54) is 0 Å². The average molecular weight is 464 g/mol. The van der Waals surface area contributed by atoms with Crippen molar-refractivity contribution in [1.82, 2.24) is 15.2 Å². The van der Waals surface area contributed by atoms with E-state index >= 15 is 0 Å². The number of aliphatic hydroxyl groups is 1. The van der Waals surface area contributed by atoms with Crippen molar-refractivity contribution in [2.45, 2.75) is 38.3 Å². The molecule has 0 saturated carbocycles. The zero-order chi connectivity index (χ0) is 24.2. The van der Waals surface area contributed by atoms with Crippen molar-refractivity contribution in [3.8, 4) is 5.75 Å². The molecule has 3 aromatic rings. The van der Waals surface area contributed by atoms with E-state index in [9.17, 15) is 14.7 Å². The van der Waals surface area contributed by atoms with Crippen LogP contribution in [0.4, 0.5) is 0 Å². The highest BCUT2D eigenvalue weighted by molar-refractivity contribution is 5.97. The molecule has 178 valence electrons. The number of primary amides is 1. The maximum atomic E-state index is 12.7. The second-order valence-corrected chi connectivity index (χ2v) is 8.56. The summed E-state index contributed by atoms with van der Waals surface area (Å²) in [6, 6.07) is 15.1. The predicted molar refractivity (Wildman–Crippen MR) is 128 cm³/mol. The minimum atomic E-state index is -1.25. The lowest BCUT2D eigenvalue weighted by atomic mass is 10.1. The maximum Gasteiger partial charge on any atom is 0.252 e. The van der Waals surface area contributed by atoms with E-state index in [0.29, 0.717) is 37.4 Å². The van der Waals surface area contributed by atoms with E-state index in [2.05, 4.69) is 10.3 Å². The van der Waals surface area contributed by atoms with Crippen LogP contribution >= 0.6 is 0 Å². The molecule has 9 heteroatoms. The van der Waals surface area contributed by atoms with Crippen molar-refractivity contribution < 1.29 is 19.4 Å². The lowest BCUT2D eigenvalue weighted by Crippen LogP contribution is -2.57. The van der Waals surface area contributed by atoms with E-state index in [0.717, 1.165) is 22.2 Å². The van der Waals surface area contributed by atoms with E-state index in [1.807, 2.05) is 37.3 Å². The van der Waals surface area contributed by atoms with Gasteiger partial charge in [0.25, 0.3) is 5.91 Å². The number of rotatable bonds is 8. The molecule has 0 spiro atoms. The van der Waals surface area contributed by atoms with Crippen molar-refractivity contribution in [2.24, 2.45) is 11.5 Å². The van der Waals surface area contributed by atoms with Gasteiger partial charge in [-0.25, -0.2) is 0 Å². The first-order chi connectivity index (χ1) is 16.3. The molecule has 1 saturated heterocycles. The van der Waals surface area contributed by atoms with Crippen molar-refractivity contribution in [3.63, 3.8) is 0 Å². The molecular formula is C25H29N5O4. The summed E-state index contributed by atoms with van der Waals surface area (Å²) in [7, 11) is 0. The zero-order valence-corrected chi connectivity index (χ0v) is 19.0. The Hall–Kier alpha value is -3.53. The number of nitrogens with two attached hydrogens (primary N) is 2. The quantitative estimate of drug-likeness (QED) is 0.391. The molecule has 1 aliphatic rings. The van der Waals surface area contributed by atoms with Gasteiger partial charge in [-0.05, 0) is 49.7 Å². The summed E-state index contributed by atoms with van der Waals surface area (Å²) in [6.45, 7) is 3.25. The molecule has 2 unspecified atom stereocenters. The van der Waals surface area contributed by atoms with Gasteiger partial charge in [0, 0.05) is 41.3 Å². The number of carbonyl (C=O) groups is 2. The van der Waals surface area contributed by atoms with Gasteiger partial charge in [-0.15, -0.1) is 0 Å². The molecule has 1 fully saturated rings. The van der Waals surface area contributed by atoms with Crippen LogP contribution in [0.25, 0.3) is 10.9 Å². The van der Waals surface area contributed by atoms with Crippen molar-refractivity contribution in [2.75, 3.05) is 13.1 Å². The fourth-order valence-electron chi connectivity index (χ4n) is 4.16. The molecule has 3 atom stereocenters. The number of hydrogen-bond acceptors (Lipinski definition) is 7. The first kappa shape index (κ1) is 23.6. The van der Waals surface area contributed by atoms with Crippen LogP contribution in [0.5, 0.6) is 5.75 Å². The van der Waals surface area contributed by atoms with Gasteiger partial charge in [-0.3, -0.25) is 19.5 Å². The summed E-state index contributed by atoms with van der Waals surface area (Å²) in [6.07, 6.45) is -0.538. The number of pyridine rings is 1. The first-order valence-electron chi connectivity index (χ1n) is 11.2. The molecule has 34 heavy (non-hydrogen) atoms.